The molecule has 4 rings (SSSR count). The second-order valence-electron chi connectivity index (χ2n) is 7.06. The van der Waals surface area contributed by atoms with E-state index in [1.807, 2.05) is 18.2 Å². The van der Waals surface area contributed by atoms with Crippen molar-refractivity contribution in [2.45, 2.75) is 63.8 Å². The lowest BCUT2D eigenvalue weighted by Crippen LogP contribution is -2.38. The van der Waals surface area contributed by atoms with Crippen LogP contribution in [-0.4, -0.2) is 18.6 Å². The maximum Gasteiger partial charge on any atom is 0.258 e. The first-order valence-corrected chi connectivity index (χ1v) is 9.26. The molecule has 1 aromatic heterocycles. The maximum absolute atomic E-state index is 12.1. The van der Waals surface area contributed by atoms with E-state index in [4.69, 9.17) is 9.15 Å². The number of fused-ring (bicyclic) bond motifs is 3. The fourth-order valence-electron chi connectivity index (χ4n) is 4.00. The maximum atomic E-state index is 12.1. The Morgan fingerprint density at radius 2 is 1.96 bits per heavy atom. The standard InChI is InChI=1S/C20H25NO3/c22-20(21-14-6-2-1-3-7-14)13-23-15-10-11-19-17(12-15)16-8-4-5-9-18(16)24-19/h10-12,14H,1-9,13H2,(H,21,22). The Morgan fingerprint density at radius 1 is 1.12 bits per heavy atom. The summed E-state index contributed by atoms with van der Waals surface area (Å²) < 4.78 is 11.7. The van der Waals surface area contributed by atoms with Gasteiger partial charge in [0.25, 0.3) is 5.91 Å². The summed E-state index contributed by atoms with van der Waals surface area (Å²) in [6.45, 7) is 0.0854. The van der Waals surface area contributed by atoms with E-state index < -0.39 is 0 Å². The van der Waals surface area contributed by atoms with Crippen molar-refractivity contribution in [3.63, 3.8) is 0 Å². The molecule has 0 bridgehead atoms. The molecule has 2 aliphatic rings. The molecule has 128 valence electrons. The van der Waals surface area contributed by atoms with E-state index in [0.717, 1.165) is 48.2 Å². The molecule has 0 unspecified atom stereocenters. The Bertz CT molecular complexity index is 728. The first kappa shape index (κ1) is 15.6. The van der Waals surface area contributed by atoms with Crippen molar-refractivity contribution in [1.29, 1.82) is 0 Å². The Kier molecular flexibility index (Phi) is 4.46. The van der Waals surface area contributed by atoms with Gasteiger partial charge in [-0.15, -0.1) is 0 Å². The first-order chi connectivity index (χ1) is 11.8. The van der Waals surface area contributed by atoms with E-state index in [9.17, 15) is 4.79 Å². The van der Waals surface area contributed by atoms with Gasteiger partial charge in [-0.3, -0.25) is 4.79 Å². The van der Waals surface area contributed by atoms with E-state index in [1.54, 1.807) is 0 Å². The largest absolute Gasteiger partial charge is 0.484 e. The van der Waals surface area contributed by atoms with Gasteiger partial charge in [-0.1, -0.05) is 19.3 Å². The van der Waals surface area contributed by atoms with Crippen LogP contribution < -0.4 is 10.1 Å². The fraction of sp³-hybridized carbons (Fsp3) is 0.550. The number of hydrogen-bond acceptors (Lipinski definition) is 3. The molecule has 0 radical (unpaired) electrons. The smallest absolute Gasteiger partial charge is 0.258 e. The zero-order valence-corrected chi connectivity index (χ0v) is 14.1. The molecule has 0 saturated heterocycles. The summed E-state index contributed by atoms with van der Waals surface area (Å²) >= 11 is 0. The van der Waals surface area contributed by atoms with Gasteiger partial charge in [0.05, 0.1) is 0 Å². The van der Waals surface area contributed by atoms with Crippen LogP contribution in [0.3, 0.4) is 0 Å². The van der Waals surface area contributed by atoms with Crippen LogP contribution in [0, 0.1) is 0 Å². The molecule has 4 heteroatoms. The number of furan rings is 1. The summed E-state index contributed by atoms with van der Waals surface area (Å²) in [5, 5.41) is 4.24. The summed E-state index contributed by atoms with van der Waals surface area (Å²) in [6.07, 6.45) is 10.4. The van der Waals surface area contributed by atoms with Crippen molar-refractivity contribution in [2.75, 3.05) is 6.61 Å². The predicted octanol–water partition coefficient (Wildman–Crippen LogP) is 4.14. The monoisotopic (exact) mass is 327 g/mol. The number of benzene rings is 1. The predicted molar refractivity (Wildman–Crippen MR) is 93.4 cm³/mol. The molecule has 4 nitrogen and oxygen atoms in total. The molecule has 0 aliphatic heterocycles. The summed E-state index contributed by atoms with van der Waals surface area (Å²) in [5.74, 6) is 1.86. The number of nitrogens with one attached hydrogen (secondary N) is 1. The number of ether oxygens (including phenoxy) is 1. The SMILES string of the molecule is O=C(COc1ccc2oc3c(c2c1)CCCC3)NC1CCCCC1. The highest BCUT2D eigenvalue weighted by Gasteiger charge is 2.19. The van der Waals surface area contributed by atoms with Crippen molar-refractivity contribution >= 4 is 16.9 Å². The average Bonchev–Trinajstić information content (AvgIpc) is 2.99. The van der Waals surface area contributed by atoms with Gasteiger partial charge >= 0.3 is 0 Å². The molecule has 0 spiro atoms. The van der Waals surface area contributed by atoms with Crippen molar-refractivity contribution in [1.82, 2.24) is 5.32 Å². The lowest BCUT2D eigenvalue weighted by atomic mass is 9.95. The minimum atomic E-state index is -0.0174. The number of aryl methyl sites for hydroxylation is 2. The number of rotatable bonds is 4. The van der Waals surface area contributed by atoms with Gasteiger partial charge in [-0.25, -0.2) is 0 Å². The van der Waals surface area contributed by atoms with Gasteiger partial charge in [-0.05, 0) is 50.3 Å². The lowest BCUT2D eigenvalue weighted by Gasteiger charge is -2.22. The average molecular weight is 327 g/mol. The van der Waals surface area contributed by atoms with Crippen molar-refractivity contribution in [3.8, 4) is 5.75 Å². The molecule has 0 atom stereocenters. The second kappa shape index (κ2) is 6.88. The van der Waals surface area contributed by atoms with Crippen LogP contribution in [0.5, 0.6) is 5.75 Å². The molecule has 2 aromatic rings. The molecule has 1 aromatic carbocycles. The first-order valence-electron chi connectivity index (χ1n) is 9.26. The Balaban J connectivity index is 1.40. The van der Waals surface area contributed by atoms with Gasteiger partial charge in [0.1, 0.15) is 17.1 Å². The highest BCUT2D eigenvalue weighted by Crippen LogP contribution is 2.33. The molecule has 1 fully saturated rings. The number of amides is 1. The van der Waals surface area contributed by atoms with Gasteiger partial charge in [0, 0.05) is 23.4 Å². The zero-order chi connectivity index (χ0) is 16.4. The van der Waals surface area contributed by atoms with E-state index in [2.05, 4.69) is 5.32 Å². The van der Waals surface area contributed by atoms with Crippen LogP contribution in [0.2, 0.25) is 0 Å². The van der Waals surface area contributed by atoms with Crippen molar-refractivity contribution in [2.24, 2.45) is 0 Å². The fourth-order valence-corrected chi connectivity index (χ4v) is 4.00. The Hall–Kier alpha value is -1.97. The lowest BCUT2D eigenvalue weighted by molar-refractivity contribution is -0.124. The summed E-state index contributed by atoms with van der Waals surface area (Å²) in [7, 11) is 0. The van der Waals surface area contributed by atoms with Crippen LogP contribution in [-0.2, 0) is 17.6 Å². The second-order valence-corrected chi connectivity index (χ2v) is 7.06. The van der Waals surface area contributed by atoms with Crippen molar-refractivity contribution < 1.29 is 13.9 Å². The number of carbonyl (C=O) groups is 1. The van der Waals surface area contributed by atoms with E-state index in [-0.39, 0.29) is 12.5 Å². The van der Waals surface area contributed by atoms with Crippen LogP contribution in [0.25, 0.3) is 11.0 Å². The van der Waals surface area contributed by atoms with Gasteiger partial charge in [-0.2, -0.15) is 0 Å². The molecule has 1 heterocycles. The van der Waals surface area contributed by atoms with Gasteiger partial charge < -0.3 is 14.5 Å². The highest BCUT2D eigenvalue weighted by atomic mass is 16.5. The van der Waals surface area contributed by atoms with Gasteiger partial charge in [0.2, 0.25) is 0 Å². The zero-order valence-electron chi connectivity index (χ0n) is 14.1. The quantitative estimate of drug-likeness (QED) is 0.918. The van der Waals surface area contributed by atoms with E-state index in [0.29, 0.717) is 6.04 Å². The minimum Gasteiger partial charge on any atom is -0.484 e. The van der Waals surface area contributed by atoms with Crippen LogP contribution >= 0.6 is 0 Å². The third kappa shape index (κ3) is 3.28. The third-order valence-corrected chi connectivity index (χ3v) is 5.27. The Morgan fingerprint density at radius 3 is 2.83 bits per heavy atom. The molecular weight excluding hydrogens is 302 g/mol. The van der Waals surface area contributed by atoms with Gasteiger partial charge in [0.15, 0.2) is 6.61 Å². The van der Waals surface area contributed by atoms with Crippen LogP contribution in [0.4, 0.5) is 0 Å². The summed E-state index contributed by atoms with van der Waals surface area (Å²) in [4.78, 5) is 12.1. The highest BCUT2D eigenvalue weighted by molar-refractivity contribution is 5.84. The normalized spacial score (nSPS) is 18.3. The summed E-state index contributed by atoms with van der Waals surface area (Å²) in [6, 6.07) is 6.21. The van der Waals surface area contributed by atoms with E-state index >= 15 is 0 Å². The molecule has 1 N–H and O–H groups in total. The molecule has 2 aliphatic carbocycles. The summed E-state index contributed by atoms with van der Waals surface area (Å²) in [5.41, 5.74) is 2.26. The molecular formula is C20H25NO3. The number of hydrogen-bond donors (Lipinski definition) is 1. The third-order valence-electron chi connectivity index (χ3n) is 5.27. The Labute approximate surface area is 142 Å². The van der Waals surface area contributed by atoms with Crippen LogP contribution in [0.15, 0.2) is 22.6 Å². The molecule has 1 amide bonds. The van der Waals surface area contributed by atoms with Crippen molar-refractivity contribution in [3.05, 3.63) is 29.5 Å². The molecule has 24 heavy (non-hydrogen) atoms. The van der Waals surface area contributed by atoms with Crippen LogP contribution in [0.1, 0.15) is 56.3 Å². The molecule has 1 saturated carbocycles. The van der Waals surface area contributed by atoms with E-state index in [1.165, 1.54) is 37.7 Å². The number of carbonyl (C=O) groups excluding carboxylic acids is 1. The topological polar surface area (TPSA) is 51.5 Å². The minimum absolute atomic E-state index is 0.0174.